The van der Waals surface area contributed by atoms with Crippen molar-refractivity contribution in [1.29, 1.82) is 0 Å². The van der Waals surface area contributed by atoms with Crippen molar-refractivity contribution in [1.82, 2.24) is 30.2 Å². The minimum absolute atomic E-state index is 0.0740. The third kappa shape index (κ3) is 2.80. The van der Waals surface area contributed by atoms with Gasteiger partial charge in [-0.3, -0.25) is 5.43 Å². The number of nitrogens with zero attached hydrogens (tertiary/aromatic N) is 6. The topological polar surface area (TPSA) is 107 Å². The molecule has 0 atom stereocenters. The highest BCUT2D eigenvalue weighted by Gasteiger charge is 2.15. The van der Waals surface area contributed by atoms with Gasteiger partial charge in [-0.05, 0) is 34.3 Å². The van der Waals surface area contributed by atoms with Crippen LogP contribution in [0.15, 0.2) is 46.7 Å². The normalized spacial score (nSPS) is 10.6. The second-order valence-corrected chi connectivity index (χ2v) is 4.76. The quantitative estimate of drug-likeness (QED) is 0.418. The molecule has 0 fully saturated rings. The Morgan fingerprint density at radius 1 is 1.24 bits per heavy atom. The average molecular weight is 304 g/mol. The molecule has 1 aromatic carbocycles. The predicted molar refractivity (Wildman–Crippen MR) is 73.1 cm³/mol. The third-order valence-electron chi connectivity index (χ3n) is 2.47. The maximum atomic E-state index is 13.7. The van der Waals surface area contributed by atoms with Crippen molar-refractivity contribution in [3.63, 3.8) is 0 Å². The molecule has 0 bridgehead atoms. The minimum atomic E-state index is -0.582. The fourth-order valence-corrected chi connectivity index (χ4v) is 2.31. The van der Waals surface area contributed by atoms with Gasteiger partial charge in [-0.25, -0.2) is 20.2 Å². The van der Waals surface area contributed by atoms with Gasteiger partial charge in [-0.15, -0.1) is 5.10 Å². The molecule has 0 unspecified atom stereocenters. The Kier molecular flexibility index (Phi) is 3.71. The fourth-order valence-electron chi connectivity index (χ4n) is 1.55. The summed E-state index contributed by atoms with van der Waals surface area (Å²) in [6.45, 7) is 0. The molecule has 0 aliphatic rings. The number of hydrogen-bond acceptors (Lipinski definition) is 8. The number of halogens is 1. The van der Waals surface area contributed by atoms with Crippen molar-refractivity contribution < 1.29 is 4.39 Å². The van der Waals surface area contributed by atoms with Crippen molar-refractivity contribution in [3.8, 4) is 5.69 Å². The fraction of sp³-hybridized carbons (Fsp3) is 0. The molecule has 0 amide bonds. The molecule has 3 rings (SSSR count). The molecule has 2 heterocycles. The number of tetrazole rings is 1. The number of nitrogen functional groups attached to an aromatic ring is 1. The molecule has 0 saturated carbocycles. The number of para-hydroxylation sites is 1. The van der Waals surface area contributed by atoms with Gasteiger partial charge >= 0.3 is 0 Å². The van der Waals surface area contributed by atoms with Crippen LogP contribution in [0, 0.1) is 5.82 Å². The maximum Gasteiger partial charge on any atom is 0.238 e. The number of hydrazine groups is 1. The number of hydrogen-bond donors (Lipinski definition) is 2. The zero-order chi connectivity index (χ0) is 14.7. The molecule has 0 radical (unpaired) electrons. The molecule has 106 valence electrons. The van der Waals surface area contributed by atoms with Crippen molar-refractivity contribution >= 4 is 17.7 Å². The van der Waals surface area contributed by atoms with Gasteiger partial charge in [0.15, 0.2) is 5.82 Å². The lowest BCUT2D eigenvalue weighted by molar-refractivity contribution is 0.579. The monoisotopic (exact) mass is 304 g/mol. The molecule has 3 N–H and O–H groups in total. The van der Waals surface area contributed by atoms with E-state index in [2.05, 4.69) is 30.9 Å². The average Bonchev–Trinajstić information content (AvgIpc) is 2.98. The van der Waals surface area contributed by atoms with Crippen LogP contribution in [0.25, 0.3) is 5.69 Å². The van der Waals surface area contributed by atoms with E-state index in [0.29, 0.717) is 5.16 Å². The van der Waals surface area contributed by atoms with Crippen LogP contribution in [0.3, 0.4) is 0 Å². The van der Waals surface area contributed by atoms with Gasteiger partial charge in [-0.2, -0.15) is 4.68 Å². The van der Waals surface area contributed by atoms with Crippen LogP contribution in [0.1, 0.15) is 0 Å². The van der Waals surface area contributed by atoms with Gasteiger partial charge in [-0.1, -0.05) is 18.2 Å². The maximum absolute atomic E-state index is 13.7. The highest BCUT2D eigenvalue weighted by Crippen LogP contribution is 2.27. The summed E-state index contributed by atoms with van der Waals surface area (Å²) in [5.74, 6) is 4.74. The summed E-state index contributed by atoms with van der Waals surface area (Å²) in [5, 5.41) is 11.8. The first-order chi connectivity index (χ1) is 10.3. The van der Waals surface area contributed by atoms with E-state index in [1.165, 1.54) is 4.68 Å². The molecule has 0 aliphatic carbocycles. The van der Waals surface area contributed by atoms with Crippen LogP contribution in [-0.4, -0.2) is 30.2 Å². The summed E-state index contributed by atoms with van der Waals surface area (Å²) in [6.07, 6.45) is 1.03. The molecule has 21 heavy (non-hydrogen) atoms. The zero-order valence-corrected chi connectivity index (χ0v) is 11.3. The van der Waals surface area contributed by atoms with Crippen LogP contribution in [-0.2, 0) is 0 Å². The Morgan fingerprint density at radius 2 is 2.05 bits per heavy atom. The molecule has 0 spiro atoms. The van der Waals surface area contributed by atoms with Gasteiger partial charge in [0.1, 0.15) is 5.03 Å². The van der Waals surface area contributed by atoms with Crippen LogP contribution >= 0.6 is 11.8 Å². The number of rotatable bonds is 4. The van der Waals surface area contributed by atoms with E-state index in [4.69, 9.17) is 5.84 Å². The van der Waals surface area contributed by atoms with E-state index in [-0.39, 0.29) is 11.0 Å². The summed E-state index contributed by atoms with van der Waals surface area (Å²) in [6, 6.07) is 9.26. The van der Waals surface area contributed by atoms with E-state index < -0.39 is 5.82 Å². The molecule has 0 aliphatic heterocycles. The van der Waals surface area contributed by atoms with Crippen molar-refractivity contribution in [2.24, 2.45) is 5.84 Å². The van der Waals surface area contributed by atoms with Gasteiger partial charge in [0.2, 0.25) is 11.1 Å². The van der Waals surface area contributed by atoms with Crippen LogP contribution in [0.5, 0.6) is 0 Å². The van der Waals surface area contributed by atoms with Gasteiger partial charge < -0.3 is 0 Å². The standard InChI is InChI=1S/C11H9FN8S/c12-8-6-14-10(16-13)15-9(8)21-11-17-18-19-20(11)7-4-2-1-3-5-7/h1-6H,13H2,(H,14,15,16). The van der Waals surface area contributed by atoms with Crippen LogP contribution < -0.4 is 11.3 Å². The molecular weight excluding hydrogens is 295 g/mol. The minimum Gasteiger partial charge on any atom is -0.292 e. The number of aromatic nitrogens is 6. The largest absolute Gasteiger partial charge is 0.292 e. The van der Waals surface area contributed by atoms with Crippen molar-refractivity contribution in [2.45, 2.75) is 10.2 Å². The first kappa shape index (κ1) is 13.4. The SMILES string of the molecule is NNc1ncc(F)c(Sc2nnnn2-c2ccccc2)n1. The lowest BCUT2D eigenvalue weighted by atomic mass is 10.3. The summed E-state index contributed by atoms with van der Waals surface area (Å²) in [4.78, 5) is 7.61. The lowest BCUT2D eigenvalue weighted by Gasteiger charge is -2.05. The van der Waals surface area contributed by atoms with E-state index in [0.717, 1.165) is 23.6 Å². The van der Waals surface area contributed by atoms with Crippen molar-refractivity contribution in [2.75, 3.05) is 5.43 Å². The molecule has 8 nitrogen and oxygen atoms in total. The van der Waals surface area contributed by atoms with Crippen LogP contribution in [0.4, 0.5) is 10.3 Å². The Labute approximate surface area is 122 Å². The lowest BCUT2D eigenvalue weighted by Crippen LogP contribution is -2.11. The van der Waals surface area contributed by atoms with Crippen molar-refractivity contribution in [3.05, 3.63) is 42.3 Å². The molecular formula is C11H9FN8S. The third-order valence-corrected chi connectivity index (χ3v) is 3.39. The first-order valence-corrected chi connectivity index (χ1v) is 6.60. The van der Waals surface area contributed by atoms with E-state index in [9.17, 15) is 4.39 Å². The smallest absolute Gasteiger partial charge is 0.238 e. The highest BCUT2D eigenvalue weighted by atomic mass is 32.2. The Bertz CT molecular complexity index is 747. The van der Waals surface area contributed by atoms with Gasteiger partial charge in [0.25, 0.3) is 0 Å². The molecule has 2 aromatic heterocycles. The number of benzene rings is 1. The molecule has 0 saturated heterocycles. The Balaban J connectivity index is 1.95. The second kappa shape index (κ2) is 5.81. The summed E-state index contributed by atoms with van der Waals surface area (Å²) < 4.78 is 15.2. The highest BCUT2D eigenvalue weighted by molar-refractivity contribution is 7.99. The Hall–Kier alpha value is -2.59. The Morgan fingerprint density at radius 3 is 2.81 bits per heavy atom. The zero-order valence-electron chi connectivity index (χ0n) is 10.5. The summed E-state index contributed by atoms with van der Waals surface area (Å²) in [7, 11) is 0. The number of anilines is 1. The second-order valence-electron chi connectivity index (χ2n) is 3.80. The van der Waals surface area contributed by atoms with Gasteiger partial charge in [0.05, 0.1) is 11.9 Å². The van der Waals surface area contributed by atoms with E-state index >= 15 is 0 Å². The number of nitrogens with one attached hydrogen (secondary N) is 1. The van der Waals surface area contributed by atoms with E-state index in [1.54, 1.807) is 0 Å². The van der Waals surface area contributed by atoms with Gasteiger partial charge in [0, 0.05) is 0 Å². The molecule has 3 aromatic rings. The van der Waals surface area contributed by atoms with E-state index in [1.807, 2.05) is 30.3 Å². The predicted octanol–water partition coefficient (Wildman–Crippen LogP) is 1.03. The summed E-state index contributed by atoms with van der Waals surface area (Å²) in [5.41, 5.74) is 3.02. The molecule has 10 heteroatoms. The number of nitrogens with two attached hydrogens (primary N) is 1. The first-order valence-electron chi connectivity index (χ1n) is 5.79. The summed E-state index contributed by atoms with van der Waals surface area (Å²) >= 11 is 0.977. The van der Waals surface area contributed by atoms with Crippen LogP contribution in [0.2, 0.25) is 0 Å².